The van der Waals surface area contributed by atoms with Crippen LogP contribution in [0.5, 0.6) is 0 Å². The lowest BCUT2D eigenvalue weighted by molar-refractivity contribution is -0.115. The number of amides is 1. The third kappa shape index (κ3) is 14.2. The third-order valence-corrected chi connectivity index (χ3v) is 3.40. The number of pyridine rings is 1. The number of ether oxygens (including phenoxy) is 1. The number of anilines is 1. The van der Waals surface area contributed by atoms with Crippen molar-refractivity contribution in [1.82, 2.24) is 10.3 Å². The van der Waals surface area contributed by atoms with Crippen LogP contribution < -0.4 is 10.6 Å². The maximum atomic E-state index is 11.4. The molecule has 0 aliphatic rings. The van der Waals surface area contributed by atoms with Gasteiger partial charge in [0.25, 0.3) is 0 Å². The van der Waals surface area contributed by atoms with E-state index in [-0.39, 0.29) is 15.3 Å². The van der Waals surface area contributed by atoms with Crippen molar-refractivity contribution >= 4 is 11.7 Å². The molecule has 1 aromatic heterocycles. The summed E-state index contributed by atoms with van der Waals surface area (Å²) in [6, 6.07) is 3.68. The molecule has 1 rings (SSSR count). The van der Waals surface area contributed by atoms with Gasteiger partial charge in [0.15, 0.2) is 0 Å². The van der Waals surface area contributed by atoms with Crippen molar-refractivity contribution in [2.24, 2.45) is 0 Å². The Labute approximate surface area is 150 Å². The molecule has 0 aromatic carbocycles. The molecule has 0 spiro atoms. The molecule has 0 aliphatic heterocycles. The first-order chi connectivity index (χ1) is 11.6. The van der Waals surface area contributed by atoms with Gasteiger partial charge in [0, 0.05) is 22.7 Å². The lowest BCUT2D eigenvalue weighted by Gasteiger charge is -2.05. The van der Waals surface area contributed by atoms with E-state index < -0.39 is 0 Å². The maximum Gasteiger partial charge on any atom is 0.239 e. The molecule has 2 N–H and O–H groups in total. The summed E-state index contributed by atoms with van der Waals surface area (Å²) in [5.41, 5.74) is 1.07. The van der Waals surface area contributed by atoms with Crippen molar-refractivity contribution in [1.29, 1.82) is 0 Å². The summed E-state index contributed by atoms with van der Waals surface area (Å²) in [7, 11) is 1.62. The van der Waals surface area contributed by atoms with Crippen LogP contribution in [0.3, 0.4) is 0 Å². The van der Waals surface area contributed by atoms with Crippen LogP contribution in [-0.4, -0.2) is 37.7 Å². The zero-order chi connectivity index (χ0) is 18.0. The van der Waals surface area contributed by atoms with E-state index in [0.29, 0.717) is 19.0 Å². The molecule has 1 amide bonds. The Balaban J connectivity index is -0.000000457. The number of rotatable bonds is 11. The molecule has 0 saturated heterocycles. The van der Waals surface area contributed by atoms with Crippen molar-refractivity contribution in [2.75, 3.05) is 32.1 Å². The van der Waals surface area contributed by atoms with Crippen molar-refractivity contribution in [3.05, 3.63) is 23.9 Å². The molecule has 1 heterocycles. The molecule has 0 unspecified atom stereocenters. The SMILES string of the molecule is CCCCCCCC.COCCNCC(=O)Nc1ccc(C)cn1.[HH].[HH]. The van der Waals surface area contributed by atoms with Gasteiger partial charge in [0.2, 0.25) is 5.91 Å². The Bertz CT molecular complexity index is 412. The van der Waals surface area contributed by atoms with Crippen LogP contribution in [0.2, 0.25) is 0 Å². The first-order valence-electron chi connectivity index (χ1n) is 9.06. The summed E-state index contributed by atoms with van der Waals surface area (Å²) < 4.78 is 4.85. The third-order valence-electron chi connectivity index (χ3n) is 3.40. The highest BCUT2D eigenvalue weighted by molar-refractivity contribution is 5.91. The minimum absolute atomic E-state index is 0. The number of nitrogens with one attached hydrogen (secondary N) is 2. The Hall–Kier alpha value is -1.46. The average Bonchev–Trinajstić information content (AvgIpc) is 2.58. The second-order valence-corrected chi connectivity index (χ2v) is 5.85. The van der Waals surface area contributed by atoms with Crippen LogP contribution in [-0.2, 0) is 9.53 Å². The largest absolute Gasteiger partial charge is 0.383 e. The maximum absolute atomic E-state index is 11.4. The molecule has 0 radical (unpaired) electrons. The van der Waals surface area contributed by atoms with Gasteiger partial charge < -0.3 is 15.4 Å². The Kier molecular flexibility index (Phi) is 15.4. The van der Waals surface area contributed by atoms with Crippen LogP contribution in [0.4, 0.5) is 5.82 Å². The van der Waals surface area contributed by atoms with Crippen LogP contribution in [0, 0.1) is 6.92 Å². The molecule has 0 bridgehead atoms. The molecule has 1 aromatic rings. The molecule has 5 heteroatoms. The fourth-order valence-corrected chi connectivity index (χ4v) is 1.96. The summed E-state index contributed by atoms with van der Waals surface area (Å²) in [6.45, 7) is 7.98. The van der Waals surface area contributed by atoms with Gasteiger partial charge in [-0.1, -0.05) is 58.4 Å². The lowest BCUT2D eigenvalue weighted by atomic mass is 10.1. The molecule has 0 aliphatic carbocycles. The van der Waals surface area contributed by atoms with Gasteiger partial charge in [-0.2, -0.15) is 0 Å². The molecule has 142 valence electrons. The van der Waals surface area contributed by atoms with Crippen LogP contribution >= 0.6 is 0 Å². The number of carbonyl (C=O) groups is 1. The lowest BCUT2D eigenvalue weighted by Crippen LogP contribution is -2.30. The van der Waals surface area contributed by atoms with Crippen molar-refractivity contribution in [3.8, 4) is 0 Å². The fourth-order valence-electron chi connectivity index (χ4n) is 1.96. The predicted molar refractivity (Wildman–Crippen MR) is 106 cm³/mol. The molecule has 0 saturated carbocycles. The van der Waals surface area contributed by atoms with Gasteiger partial charge in [-0.05, 0) is 18.6 Å². The highest BCUT2D eigenvalue weighted by atomic mass is 16.5. The minimum Gasteiger partial charge on any atom is -0.383 e. The number of methoxy groups -OCH3 is 1. The van der Waals surface area contributed by atoms with Crippen molar-refractivity contribution in [2.45, 2.75) is 59.3 Å². The second-order valence-electron chi connectivity index (χ2n) is 5.85. The first-order valence-corrected chi connectivity index (χ1v) is 9.06. The number of aromatic nitrogens is 1. The number of hydrogen-bond donors (Lipinski definition) is 2. The number of aryl methyl sites for hydroxylation is 1. The molecule has 0 atom stereocenters. The second kappa shape index (κ2) is 16.4. The Morgan fingerprint density at radius 1 is 1.17 bits per heavy atom. The van der Waals surface area contributed by atoms with E-state index in [1.165, 1.54) is 38.5 Å². The van der Waals surface area contributed by atoms with Crippen LogP contribution in [0.1, 0.15) is 60.8 Å². The topological polar surface area (TPSA) is 63.2 Å². The van der Waals surface area contributed by atoms with E-state index >= 15 is 0 Å². The van der Waals surface area contributed by atoms with E-state index in [1.54, 1.807) is 19.4 Å². The molecule has 5 nitrogen and oxygen atoms in total. The van der Waals surface area contributed by atoms with E-state index in [9.17, 15) is 4.79 Å². The summed E-state index contributed by atoms with van der Waals surface area (Å²) in [6.07, 6.45) is 10.2. The van der Waals surface area contributed by atoms with E-state index in [0.717, 1.165) is 5.56 Å². The number of nitrogens with zero attached hydrogens (tertiary/aromatic N) is 1. The van der Waals surface area contributed by atoms with Crippen molar-refractivity contribution < 1.29 is 12.4 Å². The van der Waals surface area contributed by atoms with Gasteiger partial charge in [0.05, 0.1) is 13.2 Å². The molecule has 24 heavy (non-hydrogen) atoms. The zero-order valence-corrected chi connectivity index (χ0v) is 15.9. The Morgan fingerprint density at radius 3 is 2.33 bits per heavy atom. The number of unbranched alkanes of at least 4 members (excludes halogenated alkanes) is 5. The normalized spacial score (nSPS) is 10.0. The zero-order valence-electron chi connectivity index (χ0n) is 15.9. The van der Waals surface area contributed by atoms with Crippen molar-refractivity contribution in [3.63, 3.8) is 0 Å². The summed E-state index contributed by atoms with van der Waals surface area (Å²) >= 11 is 0. The quantitative estimate of drug-likeness (QED) is 0.585. The number of carbonyl (C=O) groups excluding carboxylic acids is 1. The highest BCUT2D eigenvalue weighted by Gasteiger charge is 2.01. The smallest absolute Gasteiger partial charge is 0.239 e. The van der Waals surface area contributed by atoms with E-state index in [4.69, 9.17) is 4.74 Å². The van der Waals surface area contributed by atoms with Gasteiger partial charge in [-0.15, -0.1) is 0 Å². The molecule has 0 fully saturated rings. The molecular weight excluding hydrogens is 302 g/mol. The Morgan fingerprint density at radius 2 is 1.83 bits per heavy atom. The van der Waals surface area contributed by atoms with Crippen LogP contribution in [0.25, 0.3) is 0 Å². The average molecular weight is 342 g/mol. The summed E-state index contributed by atoms with van der Waals surface area (Å²) in [5.74, 6) is 0.469. The first kappa shape index (κ1) is 22.5. The monoisotopic (exact) mass is 341 g/mol. The highest BCUT2D eigenvalue weighted by Crippen LogP contribution is 2.03. The van der Waals surface area contributed by atoms with Crippen LogP contribution in [0.15, 0.2) is 18.3 Å². The van der Waals surface area contributed by atoms with E-state index in [2.05, 4.69) is 29.5 Å². The van der Waals surface area contributed by atoms with Gasteiger partial charge in [0.1, 0.15) is 5.82 Å². The summed E-state index contributed by atoms with van der Waals surface area (Å²) in [4.78, 5) is 15.5. The number of hydrogen-bond acceptors (Lipinski definition) is 4. The fraction of sp³-hybridized carbons (Fsp3) is 0.684. The van der Waals surface area contributed by atoms with Gasteiger partial charge >= 0.3 is 0 Å². The molecular formula is C19H39N3O2. The summed E-state index contributed by atoms with van der Waals surface area (Å²) in [5, 5.41) is 5.65. The minimum atomic E-state index is -0.104. The van der Waals surface area contributed by atoms with Gasteiger partial charge in [-0.25, -0.2) is 4.98 Å². The standard InChI is InChI=1S/C11H17N3O2.C8H18.2H2/c1-9-3-4-10(13-7-9)14-11(15)8-12-5-6-16-2;1-3-5-7-8-6-4-2;;/h3-4,7,12H,5-6,8H2,1-2H3,(H,13,14,15);3-8H2,1-2H3;2*1H. The van der Waals surface area contributed by atoms with Gasteiger partial charge in [-0.3, -0.25) is 4.79 Å². The van der Waals surface area contributed by atoms with E-state index in [1.807, 2.05) is 13.0 Å². The predicted octanol–water partition coefficient (Wildman–Crippen LogP) is 4.42.